The summed E-state index contributed by atoms with van der Waals surface area (Å²) >= 11 is 0. The Morgan fingerprint density at radius 2 is 2.27 bits per heavy atom. The van der Waals surface area contributed by atoms with E-state index in [1.165, 1.54) is 16.8 Å². The van der Waals surface area contributed by atoms with Crippen LogP contribution in [0.2, 0.25) is 0 Å². The Hall–Kier alpha value is -1.22. The number of benzene rings is 1. The molecule has 0 fully saturated rings. The van der Waals surface area contributed by atoms with Gasteiger partial charge in [-0.25, -0.2) is 0 Å². The highest BCUT2D eigenvalue weighted by atomic mass is 16.5. The summed E-state index contributed by atoms with van der Waals surface area (Å²) in [6, 6.07) is 4.72. The van der Waals surface area contributed by atoms with Gasteiger partial charge < -0.3 is 15.4 Å². The molecule has 2 rings (SSSR count). The lowest BCUT2D eigenvalue weighted by Crippen LogP contribution is -2.34. The molecule has 15 heavy (non-hydrogen) atoms. The van der Waals surface area contributed by atoms with Gasteiger partial charge in [0, 0.05) is 19.6 Å². The molecule has 1 aromatic rings. The minimum absolute atomic E-state index is 0.413. The van der Waals surface area contributed by atoms with Crippen LogP contribution < -0.4 is 15.4 Å². The topological polar surface area (TPSA) is 38.5 Å². The molecule has 1 atom stereocenters. The summed E-state index contributed by atoms with van der Waals surface area (Å²) in [6.45, 7) is 2.78. The number of nitrogens with two attached hydrogens (primary N) is 1. The number of ether oxygens (including phenoxy) is 1. The van der Waals surface area contributed by atoms with Crippen LogP contribution in [0.1, 0.15) is 11.1 Å². The Morgan fingerprint density at radius 1 is 1.53 bits per heavy atom. The highest BCUT2D eigenvalue weighted by molar-refractivity contribution is 5.69. The maximum Gasteiger partial charge on any atom is 0.142 e. The Morgan fingerprint density at radius 3 is 2.87 bits per heavy atom. The Kier molecular flexibility index (Phi) is 2.57. The standard InChI is InChI=1S/C12H18N2O/c1-8-4-9-6-10(7-13)14(2)12(9)11(5-8)15-3/h4-5,10H,6-7,13H2,1-3H3. The molecule has 0 amide bonds. The number of methoxy groups -OCH3 is 1. The fraction of sp³-hybridized carbons (Fsp3) is 0.500. The Labute approximate surface area is 90.8 Å². The van der Waals surface area contributed by atoms with Gasteiger partial charge in [-0.2, -0.15) is 0 Å². The van der Waals surface area contributed by atoms with Crippen molar-refractivity contribution < 1.29 is 4.74 Å². The van der Waals surface area contributed by atoms with E-state index in [1.54, 1.807) is 7.11 Å². The van der Waals surface area contributed by atoms with E-state index in [9.17, 15) is 0 Å². The number of fused-ring (bicyclic) bond motifs is 1. The van der Waals surface area contributed by atoms with E-state index >= 15 is 0 Å². The van der Waals surface area contributed by atoms with E-state index in [0.717, 1.165) is 12.2 Å². The highest BCUT2D eigenvalue weighted by Gasteiger charge is 2.28. The van der Waals surface area contributed by atoms with Crippen LogP contribution in [0.3, 0.4) is 0 Å². The van der Waals surface area contributed by atoms with E-state index in [1.807, 2.05) is 0 Å². The van der Waals surface area contributed by atoms with Gasteiger partial charge in [0.15, 0.2) is 0 Å². The fourth-order valence-electron chi connectivity index (χ4n) is 2.34. The molecule has 0 bridgehead atoms. The third-order valence-electron chi connectivity index (χ3n) is 3.15. The van der Waals surface area contributed by atoms with Crippen LogP contribution in [0.5, 0.6) is 5.75 Å². The van der Waals surface area contributed by atoms with Gasteiger partial charge in [0.05, 0.1) is 12.8 Å². The molecule has 1 unspecified atom stereocenters. The van der Waals surface area contributed by atoms with Crippen molar-refractivity contribution >= 4 is 5.69 Å². The van der Waals surface area contributed by atoms with Crippen molar-refractivity contribution in [3.63, 3.8) is 0 Å². The van der Waals surface area contributed by atoms with Crippen molar-refractivity contribution in [2.24, 2.45) is 5.73 Å². The SMILES string of the molecule is COc1cc(C)cc2c1N(C)C(CN)C2. The molecular formula is C12H18N2O. The molecule has 2 N–H and O–H groups in total. The molecule has 0 saturated carbocycles. The van der Waals surface area contributed by atoms with E-state index < -0.39 is 0 Å². The molecule has 1 aromatic carbocycles. The number of likely N-dealkylation sites (N-methyl/N-ethyl adjacent to an activating group) is 1. The smallest absolute Gasteiger partial charge is 0.142 e. The van der Waals surface area contributed by atoms with Crippen LogP contribution in [0.15, 0.2) is 12.1 Å². The minimum Gasteiger partial charge on any atom is -0.495 e. The molecule has 1 aliphatic rings. The largest absolute Gasteiger partial charge is 0.495 e. The van der Waals surface area contributed by atoms with Crippen LogP contribution in [0.4, 0.5) is 5.69 Å². The highest BCUT2D eigenvalue weighted by Crippen LogP contribution is 2.39. The van der Waals surface area contributed by atoms with E-state index in [4.69, 9.17) is 10.5 Å². The van der Waals surface area contributed by atoms with Crippen molar-refractivity contribution in [2.75, 3.05) is 25.6 Å². The van der Waals surface area contributed by atoms with Crippen molar-refractivity contribution in [1.29, 1.82) is 0 Å². The number of rotatable bonds is 2. The van der Waals surface area contributed by atoms with Gasteiger partial charge in [0.1, 0.15) is 5.75 Å². The second kappa shape index (κ2) is 3.74. The summed E-state index contributed by atoms with van der Waals surface area (Å²) in [7, 11) is 3.81. The first kappa shape index (κ1) is 10.3. The van der Waals surface area contributed by atoms with Gasteiger partial charge in [-0.15, -0.1) is 0 Å². The zero-order chi connectivity index (χ0) is 11.0. The molecule has 82 valence electrons. The summed E-state index contributed by atoms with van der Waals surface area (Å²) in [5, 5.41) is 0. The second-order valence-electron chi connectivity index (χ2n) is 4.18. The number of hydrogen-bond donors (Lipinski definition) is 1. The summed E-state index contributed by atoms with van der Waals surface area (Å²) in [6.07, 6.45) is 1.03. The molecule has 1 aliphatic heterocycles. The molecule has 0 aliphatic carbocycles. The number of aryl methyl sites for hydroxylation is 1. The molecular weight excluding hydrogens is 188 g/mol. The average molecular weight is 206 g/mol. The summed E-state index contributed by atoms with van der Waals surface area (Å²) in [4.78, 5) is 2.23. The molecule has 0 radical (unpaired) electrons. The van der Waals surface area contributed by atoms with Crippen LogP contribution in [0, 0.1) is 6.92 Å². The van der Waals surface area contributed by atoms with Gasteiger partial charge in [-0.3, -0.25) is 0 Å². The average Bonchev–Trinajstić information content (AvgIpc) is 2.54. The Balaban J connectivity index is 2.49. The monoisotopic (exact) mass is 206 g/mol. The van der Waals surface area contributed by atoms with Gasteiger partial charge in [0.25, 0.3) is 0 Å². The molecule has 1 heterocycles. The van der Waals surface area contributed by atoms with E-state index in [0.29, 0.717) is 12.6 Å². The molecule has 0 saturated heterocycles. The van der Waals surface area contributed by atoms with Crippen molar-refractivity contribution in [3.05, 3.63) is 23.3 Å². The first-order valence-electron chi connectivity index (χ1n) is 5.27. The lowest BCUT2D eigenvalue weighted by atomic mass is 10.1. The van der Waals surface area contributed by atoms with Crippen molar-refractivity contribution in [1.82, 2.24) is 0 Å². The van der Waals surface area contributed by atoms with Crippen LogP contribution in [-0.2, 0) is 6.42 Å². The maximum atomic E-state index is 5.75. The zero-order valence-electron chi connectivity index (χ0n) is 9.58. The van der Waals surface area contributed by atoms with E-state index in [2.05, 4.69) is 31.0 Å². The first-order valence-corrected chi connectivity index (χ1v) is 5.27. The van der Waals surface area contributed by atoms with Gasteiger partial charge in [0.2, 0.25) is 0 Å². The van der Waals surface area contributed by atoms with Crippen molar-refractivity contribution in [2.45, 2.75) is 19.4 Å². The predicted octanol–water partition coefficient (Wildman–Crippen LogP) is 1.32. The summed E-state index contributed by atoms with van der Waals surface area (Å²) in [5.41, 5.74) is 9.56. The lowest BCUT2D eigenvalue weighted by molar-refractivity contribution is 0.414. The Bertz CT molecular complexity index is 376. The normalized spacial score (nSPS) is 19.2. The van der Waals surface area contributed by atoms with Crippen LogP contribution in [-0.4, -0.2) is 26.7 Å². The predicted molar refractivity (Wildman–Crippen MR) is 62.7 cm³/mol. The first-order chi connectivity index (χ1) is 7.17. The van der Waals surface area contributed by atoms with Crippen molar-refractivity contribution in [3.8, 4) is 5.75 Å². The second-order valence-corrected chi connectivity index (χ2v) is 4.18. The van der Waals surface area contributed by atoms with Gasteiger partial charge in [-0.1, -0.05) is 6.07 Å². The third kappa shape index (κ3) is 1.57. The van der Waals surface area contributed by atoms with E-state index in [-0.39, 0.29) is 0 Å². The fourth-order valence-corrected chi connectivity index (χ4v) is 2.34. The maximum absolute atomic E-state index is 5.75. The zero-order valence-corrected chi connectivity index (χ0v) is 9.58. The quantitative estimate of drug-likeness (QED) is 0.793. The minimum atomic E-state index is 0.413. The van der Waals surface area contributed by atoms with Gasteiger partial charge >= 0.3 is 0 Å². The third-order valence-corrected chi connectivity index (χ3v) is 3.15. The molecule has 3 nitrogen and oxygen atoms in total. The summed E-state index contributed by atoms with van der Waals surface area (Å²) in [5.74, 6) is 0.962. The lowest BCUT2D eigenvalue weighted by Gasteiger charge is -2.22. The molecule has 0 aromatic heterocycles. The number of anilines is 1. The number of hydrogen-bond acceptors (Lipinski definition) is 3. The van der Waals surface area contributed by atoms with Crippen LogP contribution in [0.25, 0.3) is 0 Å². The molecule has 3 heteroatoms. The summed E-state index contributed by atoms with van der Waals surface area (Å²) < 4.78 is 5.42. The van der Waals surface area contributed by atoms with Crippen LogP contribution >= 0.6 is 0 Å². The number of nitrogens with zero attached hydrogens (tertiary/aromatic N) is 1. The molecule has 0 spiro atoms. The van der Waals surface area contributed by atoms with Gasteiger partial charge in [-0.05, 0) is 30.5 Å².